The van der Waals surface area contributed by atoms with Gasteiger partial charge >= 0.3 is 5.97 Å². The lowest BCUT2D eigenvalue weighted by atomic mass is 9.99. The number of aryl methyl sites for hydroxylation is 1. The largest absolute Gasteiger partial charge is 0.465 e. The Bertz CT molecular complexity index is 643. The predicted molar refractivity (Wildman–Crippen MR) is 70.7 cm³/mol. The Morgan fingerprint density at radius 3 is 2.74 bits per heavy atom. The van der Waals surface area contributed by atoms with Crippen LogP contribution in [0.2, 0.25) is 5.02 Å². The fourth-order valence-electron chi connectivity index (χ4n) is 1.79. The summed E-state index contributed by atoms with van der Waals surface area (Å²) in [5.41, 5.74) is 1.21. The summed E-state index contributed by atoms with van der Waals surface area (Å²) in [5, 5.41) is 0.385. The molecule has 1 aromatic carbocycles. The molecule has 0 aliphatic carbocycles. The van der Waals surface area contributed by atoms with Crippen molar-refractivity contribution in [2.24, 2.45) is 0 Å². The standard InChI is InChI=1S/C14H11ClFNO2/c1-8-13(16)11(5-6-17-8)10-4-3-9(15)7-12(10)14(18)19-2/h3-7H,1-2H3. The molecule has 5 heteroatoms. The van der Waals surface area contributed by atoms with Crippen molar-refractivity contribution < 1.29 is 13.9 Å². The minimum Gasteiger partial charge on any atom is -0.465 e. The molecule has 0 saturated carbocycles. The van der Waals surface area contributed by atoms with Crippen molar-refractivity contribution in [1.29, 1.82) is 0 Å². The average Bonchev–Trinajstić information content (AvgIpc) is 2.41. The quantitative estimate of drug-likeness (QED) is 0.788. The van der Waals surface area contributed by atoms with Crippen LogP contribution >= 0.6 is 11.6 Å². The van der Waals surface area contributed by atoms with E-state index in [1.165, 1.54) is 25.4 Å². The minimum atomic E-state index is -0.564. The van der Waals surface area contributed by atoms with Gasteiger partial charge in [0.2, 0.25) is 0 Å². The molecular formula is C14H11ClFNO2. The van der Waals surface area contributed by atoms with Crippen LogP contribution in [0.25, 0.3) is 11.1 Å². The van der Waals surface area contributed by atoms with Crippen LogP contribution in [-0.4, -0.2) is 18.1 Å². The van der Waals surface area contributed by atoms with Gasteiger partial charge in [0.15, 0.2) is 5.82 Å². The van der Waals surface area contributed by atoms with Crippen LogP contribution in [0.4, 0.5) is 4.39 Å². The maximum atomic E-state index is 14.1. The number of halogens is 2. The zero-order chi connectivity index (χ0) is 14.0. The van der Waals surface area contributed by atoms with Crippen molar-refractivity contribution in [3.8, 4) is 11.1 Å². The molecular weight excluding hydrogens is 269 g/mol. The zero-order valence-corrected chi connectivity index (χ0v) is 11.2. The van der Waals surface area contributed by atoms with Crippen LogP contribution in [0.5, 0.6) is 0 Å². The number of carbonyl (C=O) groups is 1. The van der Waals surface area contributed by atoms with E-state index in [1.807, 2.05) is 0 Å². The third kappa shape index (κ3) is 2.58. The Morgan fingerprint density at radius 1 is 1.32 bits per heavy atom. The van der Waals surface area contributed by atoms with Gasteiger partial charge < -0.3 is 4.74 Å². The number of benzene rings is 1. The Kier molecular flexibility index (Phi) is 3.81. The Labute approximate surface area is 115 Å². The third-order valence-electron chi connectivity index (χ3n) is 2.74. The molecule has 19 heavy (non-hydrogen) atoms. The first-order valence-electron chi connectivity index (χ1n) is 5.54. The number of esters is 1. The van der Waals surface area contributed by atoms with Gasteiger partial charge in [-0.05, 0) is 30.7 Å². The number of nitrogens with zero attached hydrogens (tertiary/aromatic N) is 1. The molecule has 0 atom stereocenters. The topological polar surface area (TPSA) is 39.2 Å². The first-order valence-corrected chi connectivity index (χ1v) is 5.91. The van der Waals surface area contributed by atoms with E-state index in [1.54, 1.807) is 19.1 Å². The molecule has 0 fully saturated rings. The Hall–Kier alpha value is -1.94. The molecule has 0 amide bonds. The van der Waals surface area contributed by atoms with Gasteiger partial charge in [0, 0.05) is 16.8 Å². The second-order valence-electron chi connectivity index (χ2n) is 3.94. The van der Waals surface area contributed by atoms with Crippen LogP contribution in [0.1, 0.15) is 16.1 Å². The molecule has 0 aliphatic rings. The highest BCUT2D eigenvalue weighted by molar-refractivity contribution is 6.31. The van der Waals surface area contributed by atoms with E-state index in [9.17, 15) is 9.18 Å². The highest BCUT2D eigenvalue weighted by Crippen LogP contribution is 2.29. The number of rotatable bonds is 2. The number of hydrogen-bond donors (Lipinski definition) is 0. The van der Waals surface area contributed by atoms with Crippen LogP contribution < -0.4 is 0 Å². The van der Waals surface area contributed by atoms with Gasteiger partial charge in [-0.1, -0.05) is 17.7 Å². The lowest BCUT2D eigenvalue weighted by Crippen LogP contribution is -2.05. The van der Waals surface area contributed by atoms with Gasteiger partial charge in [-0.3, -0.25) is 4.98 Å². The van der Waals surface area contributed by atoms with Gasteiger partial charge in [0.05, 0.1) is 18.4 Å². The smallest absolute Gasteiger partial charge is 0.338 e. The van der Waals surface area contributed by atoms with Crippen LogP contribution in [0, 0.1) is 12.7 Å². The summed E-state index contributed by atoms with van der Waals surface area (Å²) < 4.78 is 18.8. The minimum absolute atomic E-state index is 0.222. The molecule has 0 unspecified atom stereocenters. The molecule has 0 aliphatic heterocycles. The lowest BCUT2D eigenvalue weighted by Gasteiger charge is -2.10. The second kappa shape index (κ2) is 5.36. The SMILES string of the molecule is COC(=O)c1cc(Cl)ccc1-c1ccnc(C)c1F. The molecule has 0 saturated heterocycles. The second-order valence-corrected chi connectivity index (χ2v) is 4.38. The fourth-order valence-corrected chi connectivity index (χ4v) is 1.96. The predicted octanol–water partition coefficient (Wildman–Crippen LogP) is 3.64. The number of carbonyl (C=O) groups excluding carboxylic acids is 1. The highest BCUT2D eigenvalue weighted by atomic mass is 35.5. The number of methoxy groups -OCH3 is 1. The maximum absolute atomic E-state index is 14.1. The summed E-state index contributed by atoms with van der Waals surface area (Å²) >= 11 is 5.86. The maximum Gasteiger partial charge on any atom is 0.338 e. The summed E-state index contributed by atoms with van der Waals surface area (Å²) in [6, 6.07) is 6.15. The molecule has 0 radical (unpaired) electrons. The van der Waals surface area contributed by atoms with E-state index in [-0.39, 0.29) is 11.3 Å². The van der Waals surface area contributed by atoms with Gasteiger partial charge in [-0.2, -0.15) is 0 Å². The van der Waals surface area contributed by atoms with E-state index in [4.69, 9.17) is 11.6 Å². The van der Waals surface area contributed by atoms with E-state index >= 15 is 0 Å². The van der Waals surface area contributed by atoms with Crippen LogP contribution in [0.3, 0.4) is 0 Å². The monoisotopic (exact) mass is 279 g/mol. The van der Waals surface area contributed by atoms with Crippen molar-refractivity contribution in [2.75, 3.05) is 7.11 Å². The van der Waals surface area contributed by atoms with E-state index < -0.39 is 11.8 Å². The van der Waals surface area contributed by atoms with E-state index in [0.717, 1.165) is 0 Å². The third-order valence-corrected chi connectivity index (χ3v) is 2.98. The van der Waals surface area contributed by atoms with Crippen molar-refractivity contribution in [2.45, 2.75) is 6.92 Å². The Morgan fingerprint density at radius 2 is 2.05 bits per heavy atom. The molecule has 98 valence electrons. The van der Waals surface area contributed by atoms with Crippen molar-refractivity contribution in [1.82, 2.24) is 4.98 Å². The van der Waals surface area contributed by atoms with Crippen LogP contribution in [-0.2, 0) is 4.74 Å². The molecule has 0 N–H and O–H groups in total. The van der Waals surface area contributed by atoms with E-state index in [0.29, 0.717) is 16.1 Å². The van der Waals surface area contributed by atoms with Crippen molar-refractivity contribution >= 4 is 17.6 Å². The molecule has 2 aromatic rings. The van der Waals surface area contributed by atoms with Crippen molar-refractivity contribution in [3.63, 3.8) is 0 Å². The fraction of sp³-hybridized carbons (Fsp3) is 0.143. The number of pyridine rings is 1. The van der Waals surface area contributed by atoms with Crippen LogP contribution in [0.15, 0.2) is 30.5 Å². The van der Waals surface area contributed by atoms with Gasteiger partial charge in [-0.25, -0.2) is 9.18 Å². The first-order chi connectivity index (χ1) is 9.04. The molecule has 0 bridgehead atoms. The summed E-state index contributed by atoms with van der Waals surface area (Å²) in [4.78, 5) is 15.6. The summed E-state index contributed by atoms with van der Waals surface area (Å²) in [6.45, 7) is 1.56. The lowest BCUT2D eigenvalue weighted by molar-refractivity contribution is 0.0601. The summed E-state index contributed by atoms with van der Waals surface area (Å²) in [6.07, 6.45) is 1.49. The Balaban J connectivity index is 2.68. The first kappa shape index (κ1) is 13.5. The summed E-state index contributed by atoms with van der Waals surface area (Å²) in [5.74, 6) is -1.03. The zero-order valence-electron chi connectivity index (χ0n) is 10.4. The molecule has 2 rings (SSSR count). The van der Waals surface area contributed by atoms with Gasteiger partial charge in [-0.15, -0.1) is 0 Å². The molecule has 1 aromatic heterocycles. The highest BCUT2D eigenvalue weighted by Gasteiger charge is 2.17. The van der Waals surface area contributed by atoms with E-state index in [2.05, 4.69) is 9.72 Å². The van der Waals surface area contributed by atoms with Crippen molar-refractivity contribution in [3.05, 3.63) is 52.6 Å². The molecule has 0 spiro atoms. The number of hydrogen-bond acceptors (Lipinski definition) is 3. The summed E-state index contributed by atoms with van der Waals surface area (Å²) in [7, 11) is 1.27. The van der Waals surface area contributed by atoms with Gasteiger partial charge in [0.25, 0.3) is 0 Å². The van der Waals surface area contributed by atoms with Gasteiger partial charge in [0.1, 0.15) is 0 Å². The molecule has 1 heterocycles. The number of aromatic nitrogens is 1. The number of ether oxygens (including phenoxy) is 1. The normalized spacial score (nSPS) is 10.3. The molecule has 3 nitrogen and oxygen atoms in total. The average molecular weight is 280 g/mol.